The number of hydrogen-bond donors (Lipinski definition) is 1. The molecular formula is C14H15N3O2. The normalized spacial score (nSPS) is 15.5. The van der Waals surface area contributed by atoms with Crippen LogP contribution in [0.3, 0.4) is 0 Å². The Morgan fingerprint density at radius 3 is 2.63 bits per heavy atom. The monoisotopic (exact) mass is 257 g/mol. The summed E-state index contributed by atoms with van der Waals surface area (Å²) in [6, 6.07) is 11.5. The summed E-state index contributed by atoms with van der Waals surface area (Å²) < 4.78 is 5.32. The minimum atomic E-state index is -0.164. The number of rotatable bonds is 2. The lowest BCUT2D eigenvalue weighted by molar-refractivity contribution is 0.122. The Labute approximate surface area is 110 Å². The molecule has 3 rings (SSSR count). The third-order valence-corrected chi connectivity index (χ3v) is 3.21. The Balaban J connectivity index is 1.98. The number of benzene rings is 1. The summed E-state index contributed by atoms with van der Waals surface area (Å²) in [5.41, 5.74) is 1.39. The van der Waals surface area contributed by atoms with Crippen molar-refractivity contribution in [3.8, 4) is 11.1 Å². The average molecular weight is 257 g/mol. The third-order valence-electron chi connectivity index (χ3n) is 3.21. The van der Waals surface area contributed by atoms with E-state index in [-0.39, 0.29) is 5.56 Å². The quantitative estimate of drug-likeness (QED) is 0.880. The van der Waals surface area contributed by atoms with Crippen molar-refractivity contribution in [3.63, 3.8) is 0 Å². The van der Waals surface area contributed by atoms with Gasteiger partial charge in [0.05, 0.1) is 18.8 Å². The molecule has 19 heavy (non-hydrogen) atoms. The molecule has 98 valence electrons. The maximum Gasteiger partial charge on any atom is 0.272 e. The fraction of sp³-hybridized carbons (Fsp3) is 0.286. The van der Waals surface area contributed by atoms with E-state index in [1.807, 2.05) is 36.4 Å². The van der Waals surface area contributed by atoms with Crippen molar-refractivity contribution in [2.75, 3.05) is 31.2 Å². The topological polar surface area (TPSA) is 58.2 Å². The highest BCUT2D eigenvalue weighted by atomic mass is 16.5. The van der Waals surface area contributed by atoms with Crippen molar-refractivity contribution in [1.29, 1.82) is 0 Å². The number of morpholine rings is 1. The van der Waals surface area contributed by atoms with Crippen LogP contribution in [-0.2, 0) is 4.74 Å². The van der Waals surface area contributed by atoms with Crippen LogP contribution in [-0.4, -0.2) is 36.5 Å². The van der Waals surface area contributed by atoms with E-state index in [0.717, 1.165) is 24.5 Å². The summed E-state index contributed by atoms with van der Waals surface area (Å²) in [5, 5.41) is 6.70. The summed E-state index contributed by atoms with van der Waals surface area (Å²) >= 11 is 0. The summed E-state index contributed by atoms with van der Waals surface area (Å²) in [7, 11) is 0. The number of aromatic nitrogens is 2. The van der Waals surface area contributed by atoms with Crippen molar-refractivity contribution >= 4 is 5.82 Å². The molecule has 0 radical (unpaired) electrons. The van der Waals surface area contributed by atoms with Gasteiger partial charge in [0.2, 0.25) is 0 Å². The first-order valence-electron chi connectivity index (χ1n) is 6.32. The number of nitrogens with one attached hydrogen (secondary N) is 1. The molecule has 1 aliphatic rings. The SMILES string of the molecule is O=c1[nH]nc(N2CCOCC2)cc1-c1ccccc1. The smallest absolute Gasteiger partial charge is 0.272 e. The molecular weight excluding hydrogens is 242 g/mol. The van der Waals surface area contributed by atoms with Crippen LogP contribution in [0.4, 0.5) is 5.82 Å². The van der Waals surface area contributed by atoms with Gasteiger partial charge in [-0.15, -0.1) is 0 Å². The second-order valence-electron chi connectivity index (χ2n) is 4.43. The van der Waals surface area contributed by atoms with Crippen LogP contribution in [0.5, 0.6) is 0 Å². The molecule has 0 aliphatic carbocycles. The maximum absolute atomic E-state index is 11.9. The Kier molecular flexibility index (Phi) is 3.29. The molecule has 1 aromatic carbocycles. The lowest BCUT2D eigenvalue weighted by Crippen LogP contribution is -2.37. The number of ether oxygens (including phenoxy) is 1. The molecule has 5 heteroatoms. The molecule has 2 heterocycles. The van der Waals surface area contributed by atoms with Gasteiger partial charge >= 0.3 is 0 Å². The zero-order valence-electron chi connectivity index (χ0n) is 10.5. The number of nitrogens with zero attached hydrogens (tertiary/aromatic N) is 2. The Bertz CT molecular complexity index is 604. The molecule has 1 saturated heterocycles. The highest BCUT2D eigenvalue weighted by Crippen LogP contribution is 2.19. The van der Waals surface area contributed by atoms with E-state index < -0.39 is 0 Å². The standard InChI is InChI=1S/C14H15N3O2/c18-14-12(11-4-2-1-3-5-11)10-13(15-16-14)17-6-8-19-9-7-17/h1-5,10H,6-9H2,(H,16,18). The number of hydrogen-bond acceptors (Lipinski definition) is 4. The van der Waals surface area contributed by atoms with E-state index in [0.29, 0.717) is 18.8 Å². The number of anilines is 1. The molecule has 1 N–H and O–H groups in total. The minimum absolute atomic E-state index is 0.164. The lowest BCUT2D eigenvalue weighted by Gasteiger charge is -2.27. The minimum Gasteiger partial charge on any atom is -0.378 e. The van der Waals surface area contributed by atoms with Gasteiger partial charge in [0.25, 0.3) is 5.56 Å². The predicted molar refractivity (Wildman–Crippen MR) is 73.3 cm³/mol. The Morgan fingerprint density at radius 1 is 1.16 bits per heavy atom. The Hall–Kier alpha value is -2.14. The van der Waals surface area contributed by atoms with Gasteiger partial charge in [-0.1, -0.05) is 30.3 Å². The zero-order chi connectivity index (χ0) is 13.1. The molecule has 5 nitrogen and oxygen atoms in total. The predicted octanol–water partition coefficient (Wildman–Crippen LogP) is 1.27. The van der Waals surface area contributed by atoms with Gasteiger partial charge in [0.1, 0.15) is 5.82 Å². The van der Waals surface area contributed by atoms with Gasteiger partial charge in [0, 0.05) is 13.1 Å². The molecule has 0 saturated carbocycles. The van der Waals surface area contributed by atoms with E-state index in [9.17, 15) is 4.79 Å². The van der Waals surface area contributed by atoms with Crippen LogP contribution in [0, 0.1) is 0 Å². The van der Waals surface area contributed by atoms with E-state index in [1.165, 1.54) is 0 Å². The van der Waals surface area contributed by atoms with E-state index in [2.05, 4.69) is 15.1 Å². The van der Waals surface area contributed by atoms with Crippen molar-refractivity contribution in [1.82, 2.24) is 10.2 Å². The number of H-pyrrole nitrogens is 1. The highest BCUT2D eigenvalue weighted by molar-refractivity contribution is 5.65. The largest absolute Gasteiger partial charge is 0.378 e. The zero-order valence-corrected chi connectivity index (χ0v) is 10.5. The fourth-order valence-electron chi connectivity index (χ4n) is 2.18. The maximum atomic E-state index is 11.9. The molecule has 0 bridgehead atoms. The average Bonchev–Trinajstić information content (AvgIpc) is 2.49. The summed E-state index contributed by atoms with van der Waals surface area (Å²) in [4.78, 5) is 14.0. The van der Waals surface area contributed by atoms with Crippen LogP contribution < -0.4 is 10.5 Å². The van der Waals surface area contributed by atoms with Crippen molar-refractivity contribution in [3.05, 3.63) is 46.8 Å². The van der Waals surface area contributed by atoms with E-state index >= 15 is 0 Å². The number of aromatic amines is 1. The molecule has 0 spiro atoms. The van der Waals surface area contributed by atoms with Crippen LogP contribution in [0.1, 0.15) is 0 Å². The van der Waals surface area contributed by atoms with Crippen LogP contribution in [0.25, 0.3) is 11.1 Å². The van der Waals surface area contributed by atoms with Gasteiger partial charge in [0.15, 0.2) is 0 Å². The molecule has 1 fully saturated rings. The Morgan fingerprint density at radius 2 is 1.89 bits per heavy atom. The van der Waals surface area contributed by atoms with Gasteiger partial charge < -0.3 is 9.64 Å². The van der Waals surface area contributed by atoms with Crippen LogP contribution in [0.15, 0.2) is 41.2 Å². The second-order valence-corrected chi connectivity index (χ2v) is 4.43. The summed E-state index contributed by atoms with van der Waals surface area (Å²) in [5.74, 6) is 0.793. The first-order valence-corrected chi connectivity index (χ1v) is 6.32. The van der Waals surface area contributed by atoms with E-state index in [4.69, 9.17) is 4.74 Å². The van der Waals surface area contributed by atoms with Crippen molar-refractivity contribution in [2.24, 2.45) is 0 Å². The van der Waals surface area contributed by atoms with Gasteiger partial charge in [-0.2, -0.15) is 5.10 Å². The van der Waals surface area contributed by atoms with Crippen molar-refractivity contribution < 1.29 is 4.74 Å². The van der Waals surface area contributed by atoms with E-state index in [1.54, 1.807) is 0 Å². The molecule has 0 atom stereocenters. The fourth-order valence-corrected chi connectivity index (χ4v) is 2.18. The van der Waals surface area contributed by atoms with Gasteiger partial charge in [-0.25, -0.2) is 5.10 Å². The summed E-state index contributed by atoms with van der Waals surface area (Å²) in [6.45, 7) is 2.99. The lowest BCUT2D eigenvalue weighted by atomic mass is 10.1. The third kappa shape index (κ3) is 2.51. The van der Waals surface area contributed by atoms with Crippen molar-refractivity contribution in [2.45, 2.75) is 0 Å². The molecule has 1 aliphatic heterocycles. The first-order chi connectivity index (χ1) is 9.34. The van der Waals surface area contributed by atoms with Crippen LogP contribution >= 0.6 is 0 Å². The molecule has 0 unspecified atom stereocenters. The molecule has 1 aromatic heterocycles. The second kappa shape index (κ2) is 5.24. The molecule has 0 amide bonds. The van der Waals surface area contributed by atoms with Crippen LogP contribution in [0.2, 0.25) is 0 Å². The summed E-state index contributed by atoms with van der Waals surface area (Å²) in [6.07, 6.45) is 0. The first kappa shape index (κ1) is 11.9. The van der Waals surface area contributed by atoms with Gasteiger partial charge in [-0.05, 0) is 11.6 Å². The molecule has 2 aromatic rings. The highest BCUT2D eigenvalue weighted by Gasteiger charge is 2.14. The van der Waals surface area contributed by atoms with Gasteiger partial charge in [-0.3, -0.25) is 4.79 Å².